The second-order valence-corrected chi connectivity index (χ2v) is 8.88. The van der Waals surface area contributed by atoms with Crippen molar-refractivity contribution in [2.45, 2.75) is 97.6 Å². The van der Waals surface area contributed by atoms with Crippen LogP contribution in [0.15, 0.2) is 18.2 Å². The highest BCUT2D eigenvalue weighted by Gasteiger charge is 2.30. The molecule has 0 saturated heterocycles. The molecule has 0 fully saturated rings. The first-order valence-corrected chi connectivity index (χ1v) is 12.2. The molecular weight excluding hydrogens is 454 g/mol. The molecule has 3 unspecified atom stereocenters. The van der Waals surface area contributed by atoms with Crippen LogP contribution in [0.4, 0.5) is 0 Å². The fourth-order valence-electron chi connectivity index (χ4n) is 3.44. The van der Waals surface area contributed by atoms with Gasteiger partial charge in [0.05, 0.1) is 6.10 Å². The van der Waals surface area contributed by atoms with Crippen molar-refractivity contribution in [3.63, 3.8) is 0 Å². The lowest BCUT2D eigenvalue weighted by Crippen LogP contribution is -2.38. The van der Waals surface area contributed by atoms with Crippen LogP contribution in [0.2, 0.25) is 0 Å². The standard InChI is InChI=1S/C26H39NO8/c1-6-9-22(28)34-20-12-11-18(15-21(20)35-23(29)10-7-2)19(25(27)26(31)32)14-17(5)33-24(30)13-16(4)8-3/h11-12,15-17,19,25H,6-10,13-14,27H2,1-5H3,(H,31,32)/t16?,17?,19?,25-/m0/s1. The molecular formula is C26H39NO8. The van der Waals surface area contributed by atoms with Gasteiger partial charge in [0, 0.05) is 25.2 Å². The Balaban J connectivity index is 3.25. The van der Waals surface area contributed by atoms with Gasteiger partial charge >= 0.3 is 23.9 Å². The van der Waals surface area contributed by atoms with E-state index in [0.717, 1.165) is 6.42 Å². The molecule has 0 heterocycles. The summed E-state index contributed by atoms with van der Waals surface area (Å²) >= 11 is 0. The summed E-state index contributed by atoms with van der Waals surface area (Å²) in [6.45, 7) is 9.27. The van der Waals surface area contributed by atoms with Crippen LogP contribution in [-0.2, 0) is 23.9 Å². The van der Waals surface area contributed by atoms with Crippen molar-refractivity contribution in [2.75, 3.05) is 0 Å². The largest absolute Gasteiger partial charge is 0.480 e. The number of ether oxygens (including phenoxy) is 3. The Morgan fingerprint density at radius 2 is 1.49 bits per heavy atom. The highest BCUT2D eigenvalue weighted by Crippen LogP contribution is 2.35. The Labute approximate surface area is 207 Å². The molecule has 9 heteroatoms. The smallest absolute Gasteiger partial charge is 0.321 e. The van der Waals surface area contributed by atoms with Gasteiger partial charge in [0.25, 0.3) is 0 Å². The monoisotopic (exact) mass is 493 g/mol. The third kappa shape index (κ3) is 10.5. The van der Waals surface area contributed by atoms with Crippen molar-refractivity contribution in [1.29, 1.82) is 0 Å². The van der Waals surface area contributed by atoms with E-state index in [2.05, 4.69) is 0 Å². The maximum atomic E-state index is 12.2. The van der Waals surface area contributed by atoms with Crippen LogP contribution < -0.4 is 15.2 Å². The van der Waals surface area contributed by atoms with Crippen molar-refractivity contribution in [2.24, 2.45) is 11.7 Å². The predicted octanol–water partition coefficient (Wildman–Crippen LogP) is 4.35. The van der Waals surface area contributed by atoms with Gasteiger partial charge in [-0.2, -0.15) is 0 Å². The van der Waals surface area contributed by atoms with Gasteiger partial charge in [-0.1, -0.05) is 40.2 Å². The first-order valence-electron chi connectivity index (χ1n) is 12.2. The average Bonchev–Trinajstić information content (AvgIpc) is 2.78. The molecule has 0 aliphatic carbocycles. The zero-order valence-corrected chi connectivity index (χ0v) is 21.4. The summed E-state index contributed by atoms with van der Waals surface area (Å²) in [6.07, 6.45) is 2.15. The lowest BCUT2D eigenvalue weighted by atomic mass is 9.87. The van der Waals surface area contributed by atoms with Crippen molar-refractivity contribution in [3.8, 4) is 11.5 Å². The van der Waals surface area contributed by atoms with E-state index >= 15 is 0 Å². The lowest BCUT2D eigenvalue weighted by molar-refractivity contribution is -0.150. The number of rotatable bonds is 15. The molecule has 1 rings (SSSR count). The molecule has 196 valence electrons. The van der Waals surface area contributed by atoms with Gasteiger partial charge in [-0.05, 0) is 49.8 Å². The molecule has 0 aromatic heterocycles. The summed E-state index contributed by atoms with van der Waals surface area (Å²) in [5.41, 5.74) is 6.46. The Morgan fingerprint density at radius 1 is 0.914 bits per heavy atom. The SMILES string of the molecule is CCCC(=O)Oc1ccc(C(CC(C)OC(=O)CC(C)CC)[C@H](N)C(=O)O)cc1OC(=O)CCC. The third-order valence-electron chi connectivity index (χ3n) is 5.60. The first-order chi connectivity index (χ1) is 16.5. The van der Waals surface area contributed by atoms with E-state index in [1.54, 1.807) is 13.0 Å². The molecule has 0 spiro atoms. The summed E-state index contributed by atoms with van der Waals surface area (Å²) in [6, 6.07) is 3.19. The van der Waals surface area contributed by atoms with E-state index in [0.29, 0.717) is 18.4 Å². The number of carbonyl (C=O) groups is 4. The Bertz CT molecular complexity index is 869. The van der Waals surface area contributed by atoms with Crippen LogP contribution >= 0.6 is 0 Å². The number of carboxylic acid groups (broad SMARTS) is 1. The highest BCUT2D eigenvalue weighted by molar-refractivity contribution is 5.77. The number of nitrogens with two attached hydrogens (primary N) is 1. The van der Waals surface area contributed by atoms with Crippen LogP contribution in [0, 0.1) is 5.92 Å². The number of benzene rings is 1. The number of esters is 3. The predicted molar refractivity (Wildman–Crippen MR) is 130 cm³/mol. The normalized spacial score (nSPS) is 14.3. The quantitative estimate of drug-likeness (QED) is 0.269. The van der Waals surface area contributed by atoms with E-state index in [1.807, 2.05) is 27.7 Å². The van der Waals surface area contributed by atoms with Crippen LogP contribution in [0.1, 0.15) is 91.0 Å². The third-order valence-corrected chi connectivity index (χ3v) is 5.60. The van der Waals surface area contributed by atoms with Crippen LogP contribution in [-0.4, -0.2) is 41.1 Å². The summed E-state index contributed by atoms with van der Waals surface area (Å²) in [5, 5.41) is 9.59. The Hall–Kier alpha value is -2.94. The number of hydrogen-bond donors (Lipinski definition) is 2. The first kappa shape index (κ1) is 30.1. The summed E-state index contributed by atoms with van der Waals surface area (Å²) in [5.74, 6) is -3.09. The second-order valence-electron chi connectivity index (χ2n) is 8.88. The number of aliphatic carboxylic acids is 1. The van der Waals surface area contributed by atoms with Gasteiger partial charge in [0.2, 0.25) is 0 Å². The topological polar surface area (TPSA) is 142 Å². The van der Waals surface area contributed by atoms with Gasteiger partial charge in [-0.3, -0.25) is 19.2 Å². The van der Waals surface area contributed by atoms with Gasteiger partial charge < -0.3 is 25.1 Å². The summed E-state index contributed by atoms with van der Waals surface area (Å²) < 4.78 is 16.3. The van der Waals surface area contributed by atoms with Gasteiger partial charge in [0.15, 0.2) is 11.5 Å². The average molecular weight is 494 g/mol. The molecule has 1 aromatic carbocycles. The molecule has 9 nitrogen and oxygen atoms in total. The number of hydrogen-bond acceptors (Lipinski definition) is 8. The number of carbonyl (C=O) groups excluding carboxylic acids is 3. The number of carboxylic acids is 1. The maximum absolute atomic E-state index is 12.2. The lowest BCUT2D eigenvalue weighted by Gasteiger charge is -2.25. The minimum absolute atomic E-state index is 0.00871. The van der Waals surface area contributed by atoms with Gasteiger partial charge in [-0.25, -0.2) is 0 Å². The van der Waals surface area contributed by atoms with E-state index in [4.69, 9.17) is 19.9 Å². The molecule has 3 N–H and O–H groups in total. The zero-order valence-electron chi connectivity index (χ0n) is 21.4. The molecule has 0 radical (unpaired) electrons. The van der Waals surface area contributed by atoms with Crippen molar-refractivity contribution >= 4 is 23.9 Å². The Kier molecular flexibility index (Phi) is 13.0. The minimum Gasteiger partial charge on any atom is -0.480 e. The van der Waals surface area contributed by atoms with E-state index in [-0.39, 0.29) is 49.1 Å². The highest BCUT2D eigenvalue weighted by atomic mass is 16.6. The van der Waals surface area contributed by atoms with Crippen LogP contribution in [0.3, 0.4) is 0 Å². The van der Waals surface area contributed by atoms with E-state index in [1.165, 1.54) is 12.1 Å². The molecule has 0 bridgehead atoms. The van der Waals surface area contributed by atoms with Crippen molar-refractivity contribution in [3.05, 3.63) is 23.8 Å². The van der Waals surface area contributed by atoms with E-state index in [9.17, 15) is 24.3 Å². The summed E-state index contributed by atoms with van der Waals surface area (Å²) in [7, 11) is 0. The molecule has 1 aromatic rings. The second kappa shape index (κ2) is 15.1. The van der Waals surface area contributed by atoms with Gasteiger partial charge in [0.1, 0.15) is 6.04 Å². The fourth-order valence-corrected chi connectivity index (χ4v) is 3.44. The van der Waals surface area contributed by atoms with Crippen LogP contribution in [0.25, 0.3) is 0 Å². The molecule has 0 aliphatic heterocycles. The maximum Gasteiger partial charge on any atom is 0.321 e. The summed E-state index contributed by atoms with van der Waals surface area (Å²) in [4.78, 5) is 48.2. The molecule has 0 aliphatic rings. The van der Waals surface area contributed by atoms with Crippen molar-refractivity contribution in [1.82, 2.24) is 0 Å². The Morgan fingerprint density at radius 3 is 2.00 bits per heavy atom. The molecule has 0 amide bonds. The molecule has 4 atom stereocenters. The fraction of sp³-hybridized carbons (Fsp3) is 0.615. The van der Waals surface area contributed by atoms with Crippen molar-refractivity contribution < 1.29 is 38.5 Å². The van der Waals surface area contributed by atoms with Gasteiger partial charge in [-0.15, -0.1) is 0 Å². The van der Waals surface area contributed by atoms with E-state index < -0.39 is 36.0 Å². The zero-order chi connectivity index (χ0) is 26.5. The minimum atomic E-state index is -1.31. The molecule has 0 saturated carbocycles. The molecule has 35 heavy (non-hydrogen) atoms. The van der Waals surface area contributed by atoms with Crippen LogP contribution in [0.5, 0.6) is 11.5 Å².